The molecule has 0 bridgehead atoms. The van der Waals surface area contributed by atoms with Crippen LogP contribution in [0.5, 0.6) is 0 Å². The molecule has 67 heavy (non-hydrogen) atoms. The third-order valence-corrected chi connectivity index (χ3v) is 13.7. The highest BCUT2D eigenvalue weighted by Gasteiger charge is 2.44. The second-order valence-corrected chi connectivity index (χ2v) is 20.1. The van der Waals surface area contributed by atoms with E-state index in [1.165, 1.54) is 205 Å². The summed E-state index contributed by atoms with van der Waals surface area (Å²) >= 11 is 0. The molecule has 6 N–H and O–H groups in total. The topological polar surface area (TPSA) is 149 Å². The molecule has 394 valence electrons. The molecule has 0 aliphatic carbocycles. The van der Waals surface area contributed by atoms with E-state index >= 15 is 0 Å². The molecule has 0 aromatic rings. The van der Waals surface area contributed by atoms with Gasteiger partial charge in [-0.1, -0.05) is 256 Å². The van der Waals surface area contributed by atoms with Crippen molar-refractivity contribution in [1.82, 2.24) is 5.32 Å². The molecule has 0 saturated carbocycles. The number of carbonyl (C=O) groups excluding carboxylic acids is 1. The Morgan fingerprint density at radius 2 is 0.851 bits per heavy atom. The maximum atomic E-state index is 13.0. The van der Waals surface area contributed by atoms with Crippen LogP contribution < -0.4 is 5.32 Å². The standard InChI is InChI=1S/C58H109NO8/c1-3-5-7-9-11-13-15-17-18-19-20-21-22-23-24-25-26-27-28-29-30-31-32-33-34-35-36-37-39-41-43-45-47-52(61)51(50-66-58-57(65)56(64)55(63)53(49-60)67-58)59-54(62)48-46-44-42-40-38-16-14-12-10-8-6-4-2/h33-34,37,39,45,47,51-53,55-58,60-61,63-65H,3-32,35-36,38,40-44,46,48-50H2,1-2H3,(H,59,62)/b34-33+,39-37+,47-45+. The first-order chi connectivity index (χ1) is 32.8. The molecule has 0 radical (unpaired) electrons. The summed E-state index contributed by atoms with van der Waals surface area (Å²) in [4.78, 5) is 13.0. The molecule has 9 nitrogen and oxygen atoms in total. The van der Waals surface area contributed by atoms with Crippen LogP contribution in [0.25, 0.3) is 0 Å². The van der Waals surface area contributed by atoms with Crippen molar-refractivity contribution in [2.45, 2.75) is 314 Å². The average molecular weight is 949 g/mol. The van der Waals surface area contributed by atoms with Crippen molar-refractivity contribution in [3.63, 3.8) is 0 Å². The van der Waals surface area contributed by atoms with E-state index < -0.39 is 49.5 Å². The van der Waals surface area contributed by atoms with E-state index in [0.29, 0.717) is 6.42 Å². The molecule has 1 rings (SSSR count). The van der Waals surface area contributed by atoms with Gasteiger partial charge in [0.1, 0.15) is 24.4 Å². The first-order valence-corrected chi connectivity index (χ1v) is 28.7. The van der Waals surface area contributed by atoms with Crippen LogP contribution in [-0.4, -0.2) is 87.5 Å². The molecule has 1 aliphatic heterocycles. The smallest absolute Gasteiger partial charge is 0.220 e. The first-order valence-electron chi connectivity index (χ1n) is 28.7. The number of aliphatic hydroxyl groups excluding tert-OH is 5. The number of unbranched alkanes of at least 4 members (excludes halogenated alkanes) is 35. The van der Waals surface area contributed by atoms with E-state index in [2.05, 4.69) is 43.5 Å². The third-order valence-electron chi connectivity index (χ3n) is 13.7. The summed E-state index contributed by atoms with van der Waals surface area (Å²) in [5.41, 5.74) is 0. The lowest BCUT2D eigenvalue weighted by Gasteiger charge is -2.40. The number of allylic oxidation sites excluding steroid dienone is 5. The normalized spacial score (nSPS) is 19.9. The van der Waals surface area contributed by atoms with E-state index in [1.807, 2.05) is 6.08 Å². The number of ether oxygens (including phenoxy) is 2. The zero-order valence-corrected chi connectivity index (χ0v) is 43.7. The minimum atomic E-state index is -1.57. The van der Waals surface area contributed by atoms with Gasteiger partial charge in [0.25, 0.3) is 0 Å². The van der Waals surface area contributed by atoms with Crippen LogP contribution in [0.4, 0.5) is 0 Å². The van der Waals surface area contributed by atoms with Gasteiger partial charge in [-0.15, -0.1) is 0 Å². The van der Waals surface area contributed by atoms with E-state index in [0.717, 1.165) is 44.9 Å². The highest BCUT2D eigenvalue weighted by atomic mass is 16.7. The molecule has 0 spiro atoms. The summed E-state index contributed by atoms with van der Waals surface area (Å²) in [6.45, 7) is 3.77. The lowest BCUT2D eigenvalue weighted by atomic mass is 9.99. The van der Waals surface area contributed by atoms with Crippen molar-refractivity contribution in [1.29, 1.82) is 0 Å². The van der Waals surface area contributed by atoms with Crippen molar-refractivity contribution < 1.29 is 39.8 Å². The Hall–Kier alpha value is -1.59. The van der Waals surface area contributed by atoms with Gasteiger partial charge in [0.2, 0.25) is 5.91 Å². The molecule has 7 atom stereocenters. The number of hydrogen-bond acceptors (Lipinski definition) is 8. The van der Waals surface area contributed by atoms with Gasteiger partial charge in [0.15, 0.2) is 6.29 Å². The molecule has 7 unspecified atom stereocenters. The number of rotatable bonds is 49. The Morgan fingerprint density at radius 1 is 0.493 bits per heavy atom. The predicted molar refractivity (Wildman–Crippen MR) is 281 cm³/mol. The zero-order valence-electron chi connectivity index (χ0n) is 43.7. The van der Waals surface area contributed by atoms with Crippen molar-refractivity contribution in [2.24, 2.45) is 0 Å². The summed E-state index contributed by atoms with van der Waals surface area (Å²) in [7, 11) is 0. The van der Waals surface area contributed by atoms with Crippen LogP contribution in [0.3, 0.4) is 0 Å². The fourth-order valence-corrected chi connectivity index (χ4v) is 9.13. The molecule has 0 aromatic heterocycles. The van der Waals surface area contributed by atoms with Crippen molar-refractivity contribution in [3.8, 4) is 0 Å². The Kier molecular flexibility index (Phi) is 45.5. The van der Waals surface area contributed by atoms with E-state index in [4.69, 9.17) is 9.47 Å². The lowest BCUT2D eigenvalue weighted by molar-refractivity contribution is -0.302. The van der Waals surface area contributed by atoms with Gasteiger partial charge in [0.05, 0.1) is 25.4 Å². The predicted octanol–water partition coefficient (Wildman–Crippen LogP) is 14.0. The quantitative estimate of drug-likeness (QED) is 0.0261. The van der Waals surface area contributed by atoms with Gasteiger partial charge in [-0.25, -0.2) is 0 Å². The van der Waals surface area contributed by atoms with Gasteiger partial charge < -0.3 is 40.3 Å². The zero-order chi connectivity index (χ0) is 48.7. The maximum absolute atomic E-state index is 13.0. The van der Waals surface area contributed by atoms with E-state index in [1.54, 1.807) is 6.08 Å². The van der Waals surface area contributed by atoms with Gasteiger partial charge in [0, 0.05) is 6.42 Å². The lowest BCUT2D eigenvalue weighted by Crippen LogP contribution is -2.60. The summed E-state index contributed by atoms with van der Waals surface area (Å²) in [6.07, 6.45) is 55.2. The van der Waals surface area contributed by atoms with Crippen molar-refractivity contribution >= 4 is 5.91 Å². The fourth-order valence-electron chi connectivity index (χ4n) is 9.13. The van der Waals surface area contributed by atoms with Crippen LogP contribution in [0.2, 0.25) is 0 Å². The maximum Gasteiger partial charge on any atom is 0.220 e. The average Bonchev–Trinajstić information content (AvgIpc) is 3.33. The summed E-state index contributed by atoms with van der Waals surface area (Å²) in [6, 6.07) is -0.825. The molecule has 1 saturated heterocycles. The molecule has 0 aromatic carbocycles. The minimum Gasteiger partial charge on any atom is -0.394 e. The second kappa shape index (κ2) is 48.1. The third kappa shape index (κ3) is 37.9. The Morgan fingerprint density at radius 3 is 1.25 bits per heavy atom. The van der Waals surface area contributed by atoms with Gasteiger partial charge in [-0.05, 0) is 44.9 Å². The second-order valence-electron chi connectivity index (χ2n) is 20.1. The van der Waals surface area contributed by atoms with Crippen LogP contribution in [0, 0.1) is 0 Å². The summed E-state index contributed by atoms with van der Waals surface area (Å²) < 4.78 is 11.2. The molecular weight excluding hydrogens is 839 g/mol. The minimum absolute atomic E-state index is 0.190. The van der Waals surface area contributed by atoms with Crippen LogP contribution in [0.15, 0.2) is 36.5 Å². The molecule has 1 amide bonds. The SMILES string of the molecule is CCCCCCCCCCCCCCCCCCCCCCCC/C=C/CC/C=C/CC/C=C/C(O)C(COC1OC(CO)C(O)C(O)C1O)NC(=O)CCCCCCCCCCCCCC. The number of nitrogens with one attached hydrogen (secondary N) is 1. The van der Waals surface area contributed by atoms with E-state index in [-0.39, 0.29) is 12.5 Å². The fraction of sp³-hybridized carbons (Fsp3) is 0.879. The van der Waals surface area contributed by atoms with Gasteiger partial charge in [-0.2, -0.15) is 0 Å². The molecule has 1 fully saturated rings. The molecular formula is C58H109NO8. The summed E-state index contributed by atoms with van der Waals surface area (Å²) in [5, 5.41) is 54.3. The highest BCUT2D eigenvalue weighted by Crippen LogP contribution is 2.23. The van der Waals surface area contributed by atoms with Crippen LogP contribution >= 0.6 is 0 Å². The number of carbonyl (C=O) groups is 1. The Bertz CT molecular complexity index is 1150. The summed E-state index contributed by atoms with van der Waals surface area (Å²) in [5.74, 6) is -0.190. The number of aliphatic hydroxyl groups is 5. The van der Waals surface area contributed by atoms with Crippen LogP contribution in [-0.2, 0) is 14.3 Å². The largest absolute Gasteiger partial charge is 0.394 e. The molecule has 1 heterocycles. The van der Waals surface area contributed by atoms with Crippen LogP contribution in [0.1, 0.15) is 271 Å². The molecule has 9 heteroatoms. The van der Waals surface area contributed by atoms with E-state index in [9.17, 15) is 30.3 Å². The monoisotopic (exact) mass is 948 g/mol. The Balaban J connectivity index is 2.18. The van der Waals surface area contributed by atoms with Gasteiger partial charge >= 0.3 is 0 Å². The van der Waals surface area contributed by atoms with Gasteiger partial charge in [-0.3, -0.25) is 4.79 Å². The molecule has 1 aliphatic rings. The van der Waals surface area contributed by atoms with Crippen molar-refractivity contribution in [3.05, 3.63) is 36.5 Å². The highest BCUT2D eigenvalue weighted by molar-refractivity contribution is 5.76. The first kappa shape index (κ1) is 63.4. The number of hydrogen-bond donors (Lipinski definition) is 6. The number of amides is 1. The Labute approximate surface area is 412 Å². The van der Waals surface area contributed by atoms with Crippen molar-refractivity contribution in [2.75, 3.05) is 13.2 Å².